The fraction of sp³-hybridized carbons (Fsp3) is 0.286. The average Bonchev–Trinajstić information content (AvgIpc) is 2.98. The maximum absolute atomic E-state index is 11.8. The lowest BCUT2D eigenvalue weighted by atomic mass is 10.1. The number of nitrogens with one attached hydrogen (secondary N) is 1. The van der Waals surface area contributed by atoms with Crippen LogP contribution in [0.2, 0.25) is 0 Å². The minimum absolute atomic E-state index is 0.386. The number of benzene rings is 2. The molecule has 3 rings (SSSR count). The molecule has 0 unspecified atom stereocenters. The quantitative estimate of drug-likeness (QED) is 0.631. The van der Waals surface area contributed by atoms with Gasteiger partial charge in [0.05, 0.1) is 4.90 Å². The number of furan rings is 1. The number of para-hydroxylation sites is 1. The Labute approximate surface area is 157 Å². The predicted molar refractivity (Wildman–Crippen MR) is 105 cm³/mol. The maximum Gasteiger partial charge on any atom is 0.407 e. The van der Waals surface area contributed by atoms with Crippen LogP contribution in [-0.4, -0.2) is 18.2 Å². The molecule has 0 aliphatic heterocycles. The molecule has 0 atom stereocenters. The Hall–Kier alpha value is -2.40. The molecule has 0 spiro atoms. The first-order valence-corrected chi connectivity index (χ1v) is 9.43. The molecular weight excluding hydrogens is 346 g/mol. The molecule has 26 heavy (non-hydrogen) atoms. The highest BCUT2D eigenvalue weighted by Gasteiger charge is 2.16. The van der Waals surface area contributed by atoms with Crippen LogP contribution in [0.1, 0.15) is 26.3 Å². The van der Waals surface area contributed by atoms with Crippen molar-refractivity contribution in [3.63, 3.8) is 0 Å². The lowest BCUT2D eigenvalue weighted by Crippen LogP contribution is -2.33. The van der Waals surface area contributed by atoms with Gasteiger partial charge in [-0.2, -0.15) is 0 Å². The van der Waals surface area contributed by atoms with Crippen LogP contribution in [-0.2, 0) is 11.2 Å². The third-order valence-electron chi connectivity index (χ3n) is 3.70. The zero-order chi connectivity index (χ0) is 18.6. The third kappa shape index (κ3) is 4.82. The molecule has 2 aromatic carbocycles. The summed E-state index contributed by atoms with van der Waals surface area (Å²) in [6, 6.07) is 16.2. The summed E-state index contributed by atoms with van der Waals surface area (Å²) in [5.41, 5.74) is 1.58. The highest BCUT2D eigenvalue weighted by atomic mass is 32.2. The van der Waals surface area contributed by atoms with Gasteiger partial charge in [-0.15, -0.1) is 0 Å². The Balaban J connectivity index is 1.66. The number of fused-ring (bicyclic) bond motifs is 1. The van der Waals surface area contributed by atoms with Gasteiger partial charge in [-0.05, 0) is 51.0 Å². The molecule has 0 saturated carbocycles. The SMILES string of the molecule is CC(C)(C)OC(=O)NCCc1ccccc1Sc1coc2ccccc12. The van der Waals surface area contributed by atoms with Gasteiger partial charge >= 0.3 is 6.09 Å². The van der Waals surface area contributed by atoms with E-state index in [9.17, 15) is 4.79 Å². The summed E-state index contributed by atoms with van der Waals surface area (Å²) in [6.07, 6.45) is 2.15. The van der Waals surface area contributed by atoms with Crippen LogP contribution in [0.5, 0.6) is 0 Å². The summed E-state index contributed by atoms with van der Waals surface area (Å²) in [7, 11) is 0. The second-order valence-corrected chi connectivity index (χ2v) is 8.07. The van der Waals surface area contributed by atoms with Gasteiger partial charge in [0, 0.05) is 16.8 Å². The highest BCUT2D eigenvalue weighted by molar-refractivity contribution is 7.99. The van der Waals surface area contributed by atoms with Gasteiger partial charge in [-0.3, -0.25) is 0 Å². The van der Waals surface area contributed by atoms with E-state index >= 15 is 0 Å². The topological polar surface area (TPSA) is 51.5 Å². The predicted octanol–water partition coefficient (Wildman–Crippen LogP) is 5.65. The van der Waals surface area contributed by atoms with Crippen LogP contribution in [0.25, 0.3) is 11.0 Å². The second kappa shape index (κ2) is 7.87. The number of carbonyl (C=O) groups excluding carboxylic acids is 1. The van der Waals surface area contributed by atoms with Crippen LogP contribution >= 0.6 is 11.8 Å². The van der Waals surface area contributed by atoms with Crippen molar-refractivity contribution in [1.82, 2.24) is 5.32 Å². The number of rotatable bonds is 5. The molecule has 5 heteroatoms. The molecule has 0 aliphatic carbocycles. The summed E-state index contributed by atoms with van der Waals surface area (Å²) >= 11 is 1.68. The molecule has 0 bridgehead atoms. The number of ether oxygens (including phenoxy) is 1. The molecule has 1 N–H and O–H groups in total. The van der Waals surface area contributed by atoms with E-state index in [1.807, 2.05) is 51.1 Å². The number of alkyl carbamates (subject to hydrolysis) is 1. The van der Waals surface area contributed by atoms with Gasteiger partial charge in [-0.1, -0.05) is 42.1 Å². The van der Waals surface area contributed by atoms with E-state index in [2.05, 4.69) is 23.5 Å². The maximum atomic E-state index is 11.8. The summed E-state index contributed by atoms with van der Waals surface area (Å²) in [5, 5.41) is 3.92. The molecule has 1 aromatic heterocycles. The number of carbonyl (C=O) groups is 1. The fourth-order valence-electron chi connectivity index (χ4n) is 2.57. The molecule has 1 heterocycles. The van der Waals surface area contributed by atoms with E-state index < -0.39 is 5.60 Å². The smallest absolute Gasteiger partial charge is 0.407 e. The molecule has 136 valence electrons. The summed E-state index contributed by atoms with van der Waals surface area (Å²) in [6.45, 7) is 6.09. The van der Waals surface area contributed by atoms with E-state index in [1.54, 1.807) is 18.0 Å². The molecular formula is C21H23NO3S. The van der Waals surface area contributed by atoms with Crippen LogP contribution in [0.4, 0.5) is 4.79 Å². The summed E-state index contributed by atoms with van der Waals surface area (Å²) < 4.78 is 10.9. The van der Waals surface area contributed by atoms with Crippen molar-refractivity contribution in [3.8, 4) is 0 Å². The van der Waals surface area contributed by atoms with Crippen molar-refractivity contribution in [2.24, 2.45) is 0 Å². The van der Waals surface area contributed by atoms with Crippen molar-refractivity contribution >= 4 is 28.8 Å². The molecule has 3 aromatic rings. The molecule has 0 aliphatic rings. The molecule has 4 nitrogen and oxygen atoms in total. The van der Waals surface area contributed by atoms with E-state index in [4.69, 9.17) is 9.15 Å². The summed E-state index contributed by atoms with van der Waals surface area (Å²) in [4.78, 5) is 14.0. The van der Waals surface area contributed by atoms with Gasteiger partial charge < -0.3 is 14.5 Å². The van der Waals surface area contributed by atoms with E-state index in [1.165, 1.54) is 5.56 Å². The normalized spacial score (nSPS) is 11.5. The third-order valence-corrected chi connectivity index (χ3v) is 4.85. The Morgan fingerprint density at radius 1 is 1.08 bits per heavy atom. The second-order valence-electron chi connectivity index (χ2n) is 6.98. The Bertz CT molecular complexity index is 895. The van der Waals surface area contributed by atoms with E-state index in [0.717, 1.165) is 27.2 Å². The number of hydrogen-bond acceptors (Lipinski definition) is 4. The van der Waals surface area contributed by atoms with E-state index in [0.29, 0.717) is 6.54 Å². The van der Waals surface area contributed by atoms with Gasteiger partial charge in [-0.25, -0.2) is 4.79 Å². The van der Waals surface area contributed by atoms with Crippen molar-refractivity contribution in [1.29, 1.82) is 0 Å². The monoisotopic (exact) mass is 369 g/mol. The van der Waals surface area contributed by atoms with Crippen molar-refractivity contribution in [3.05, 3.63) is 60.4 Å². The summed E-state index contributed by atoms with van der Waals surface area (Å²) in [5.74, 6) is 0. The van der Waals surface area contributed by atoms with Gasteiger partial charge in [0.2, 0.25) is 0 Å². The first kappa shape index (κ1) is 18.4. The molecule has 0 radical (unpaired) electrons. The van der Waals surface area contributed by atoms with Crippen LogP contribution in [0, 0.1) is 0 Å². The largest absolute Gasteiger partial charge is 0.463 e. The first-order valence-electron chi connectivity index (χ1n) is 8.61. The lowest BCUT2D eigenvalue weighted by molar-refractivity contribution is 0.0528. The van der Waals surface area contributed by atoms with Crippen LogP contribution in [0.15, 0.2) is 69.0 Å². The zero-order valence-corrected chi connectivity index (χ0v) is 16.1. The first-order chi connectivity index (χ1) is 12.4. The minimum atomic E-state index is -0.486. The molecule has 0 saturated heterocycles. The van der Waals surface area contributed by atoms with Gasteiger partial charge in [0.15, 0.2) is 0 Å². The van der Waals surface area contributed by atoms with Crippen LogP contribution < -0.4 is 5.32 Å². The van der Waals surface area contributed by atoms with Gasteiger partial charge in [0.1, 0.15) is 17.4 Å². The van der Waals surface area contributed by atoms with Crippen molar-refractivity contribution in [2.45, 2.75) is 42.6 Å². The van der Waals surface area contributed by atoms with Crippen LogP contribution in [0.3, 0.4) is 0 Å². The Kier molecular flexibility index (Phi) is 5.57. The van der Waals surface area contributed by atoms with Gasteiger partial charge in [0.25, 0.3) is 0 Å². The van der Waals surface area contributed by atoms with E-state index in [-0.39, 0.29) is 6.09 Å². The standard InChI is InChI=1S/C21H23NO3S/c1-21(2,3)25-20(23)22-13-12-15-8-4-7-11-18(15)26-19-14-24-17-10-6-5-9-16(17)19/h4-11,14H,12-13H2,1-3H3,(H,22,23). The van der Waals surface area contributed by atoms with Crippen molar-refractivity contribution < 1.29 is 13.9 Å². The van der Waals surface area contributed by atoms with Crippen molar-refractivity contribution in [2.75, 3.05) is 6.54 Å². The number of hydrogen-bond donors (Lipinski definition) is 1. The molecule has 0 fully saturated rings. The Morgan fingerprint density at radius 2 is 1.81 bits per heavy atom. The molecule has 1 amide bonds. The minimum Gasteiger partial charge on any atom is -0.463 e. The average molecular weight is 369 g/mol. The lowest BCUT2D eigenvalue weighted by Gasteiger charge is -2.19. The fourth-order valence-corrected chi connectivity index (χ4v) is 3.63. The number of amides is 1. The Morgan fingerprint density at radius 3 is 2.62 bits per heavy atom. The zero-order valence-electron chi connectivity index (χ0n) is 15.2. The highest BCUT2D eigenvalue weighted by Crippen LogP contribution is 2.36.